The molecule has 194 valence electrons. The molecular weight excluding hydrogens is 472 g/mol. The summed E-state index contributed by atoms with van der Waals surface area (Å²) in [7, 11) is 0. The summed E-state index contributed by atoms with van der Waals surface area (Å²) < 4.78 is 11.9. The van der Waals surface area contributed by atoms with E-state index in [0.29, 0.717) is 18.5 Å². The van der Waals surface area contributed by atoms with Crippen LogP contribution in [0, 0.1) is 11.8 Å². The van der Waals surface area contributed by atoms with Crippen molar-refractivity contribution in [3.05, 3.63) is 72.3 Å². The van der Waals surface area contributed by atoms with E-state index in [-0.39, 0.29) is 61.0 Å². The predicted molar refractivity (Wildman–Crippen MR) is 137 cm³/mol. The topological polar surface area (TPSA) is 117 Å². The summed E-state index contributed by atoms with van der Waals surface area (Å²) in [6.45, 7) is 0.364. The van der Waals surface area contributed by atoms with Crippen LogP contribution in [0.25, 0.3) is 11.1 Å². The van der Waals surface area contributed by atoms with Crippen molar-refractivity contribution in [2.75, 3.05) is 13.1 Å². The number of amides is 2. The molecule has 3 aliphatic heterocycles. The Bertz CT molecular complexity index is 1150. The third-order valence-corrected chi connectivity index (χ3v) is 7.45. The number of fused-ring (bicyclic) bond motifs is 5. The smallest absolute Gasteiger partial charge is 0.303 e. The Labute approximate surface area is 216 Å². The molecule has 2 bridgehead atoms. The number of carboxylic acid groups (broad SMARTS) is 1. The lowest BCUT2D eigenvalue weighted by Gasteiger charge is -2.25. The number of allylic oxidation sites excluding steroid dienone is 2. The average Bonchev–Trinajstić information content (AvgIpc) is 3.54. The Hall–Kier alpha value is -3.49. The van der Waals surface area contributed by atoms with Crippen LogP contribution in [-0.2, 0) is 19.1 Å². The van der Waals surface area contributed by atoms with Gasteiger partial charge < -0.3 is 25.2 Å². The van der Waals surface area contributed by atoms with E-state index in [2.05, 4.69) is 16.7 Å². The van der Waals surface area contributed by atoms with Gasteiger partial charge in [-0.05, 0) is 48.4 Å². The molecule has 3 heterocycles. The third-order valence-electron chi connectivity index (χ3n) is 7.45. The summed E-state index contributed by atoms with van der Waals surface area (Å²) >= 11 is 0. The summed E-state index contributed by atoms with van der Waals surface area (Å²) in [5.41, 5.74) is 2.60. The van der Waals surface area contributed by atoms with Gasteiger partial charge in [0.15, 0.2) is 0 Å². The molecule has 37 heavy (non-hydrogen) atoms. The first-order chi connectivity index (χ1) is 18.0. The Morgan fingerprint density at radius 1 is 0.811 bits per heavy atom. The van der Waals surface area contributed by atoms with Crippen molar-refractivity contribution in [2.24, 2.45) is 11.8 Å². The fourth-order valence-electron chi connectivity index (χ4n) is 5.50. The molecule has 8 heteroatoms. The van der Waals surface area contributed by atoms with Crippen molar-refractivity contribution in [2.45, 2.75) is 50.1 Å². The van der Waals surface area contributed by atoms with Crippen LogP contribution in [0.2, 0.25) is 0 Å². The molecule has 3 aliphatic rings. The molecule has 0 unspecified atom stereocenters. The van der Waals surface area contributed by atoms with E-state index in [4.69, 9.17) is 14.6 Å². The molecular formula is C29H32N2O6. The zero-order valence-electron chi connectivity index (χ0n) is 20.5. The number of hydrogen-bond acceptors (Lipinski definition) is 5. The molecule has 2 amide bonds. The first-order valence-electron chi connectivity index (χ1n) is 12.9. The van der Waals surface area contributed by atoms with Gasteiger partial charge in [0.05, 0.1) is 18.8 Å². The molecule has 0 spiro atoms. The van der Waals surface area contributed by atoms with Gasteiger partial charge in [-0.3, -0.25) is 14.4 Å². The van der Waals surface area contributed by atoms with Gasteiger partial charge in [-0.2, -0.15) is 0 Å². The van der Waals surface area contributed by atoms with Crippen LogP contribution < -0.4 is 10.6 Å². The highest BCUT2D eigenvalue weighted by atomic mass is 16.7. The first kappa shape index (κ1) is 25.2. The molecule has 0 aromatic heterocycles. The maximum absolute atomic E-state index is 12.5. The third kappa shape index (κ3) is 5.92. The van der Waals surface area contributed by atoms with Crippen molar-refractivity contribution in [3.63, 3.8) is 0 Å². The van der Waals surface area contributed by atoms with Crippen LogP contribution in [0.3, 0.4) is 0 Å². The van der Waals surface area contributed by atoms with Gasteiger partial charge in [0, 0.05) is 24.4 Å². The number of epoxide rings is 1. The van der Waals surface area contributed by atoms with Crippen molar-refractivity contribution < 1.29 is 29.0 Å². The van der Waals surface area contributed by atoms with Crippen molar-refractivity contribution in [3.8, 4) is 11.1 Å². The molecule has 8 nitrogen and oxygen atoms in total. The van der Waals surface area contributed by atoms with Crippen molar-refractivity contribution in [1.29, 1.82) is 0 Å². The van der Waals surface area contributed by atoms with E-state index in [1.807, 2.05) is 48.5 Å². The molecule has 3 N–H and O–H groups in total. The highest BCUT2D eigenvalue weighted by molar-refractivity contribution is 5.96. The number of nitrogens with one attached hydrogen (secondary N) is 2. The highest BCUT2D eigenvalue weighted by Gasteiger charge is 2.68. The number of unbranched alkanes of at least 4 members (excludes halogenated alkanes) is 1. The lowest BCUT2D eigenvalue weighted by atomic mass is 9.77. The minimum Gasteiger partial charge on any atom is -0.481 e. The average molecular weight is 505 g/mol. The van der Waals surface area contributed by atoms with Crippen LogP contribution in [0.1, 0.15) is 36.0 Å². The minimum absolute atomic E-state index is 0.0153. The molecule has 5 rings (SSSR count). The van der Waals surface area contributed by atoms with Crippen molar-refractivity contribution in [1.82, 2.24) is 10.6 Å². The fraction of sp³-hybridized carbons (Fsp3) is 0.414. The Morgan fingerprint density at radius 3 is 2.22 bits per heavy atom. The van der Waals surface area contributed by atoms with Gasteiger partial charge >= 0.3 is 5.97 Å². The van der Waals surface area contributed by atoms with Crippen LogP contribution >= 0.6 is 0 Å². The standard InChI is InChI=1S/C29H32N2O6/c32-23(17-31-29(35)20-14-12-19(13-15-20)18-8-4-3-5-9-18)30-16-22-21(10-6-1-2-7-11-24(33)34)25-27-28(37-27)26(22)36-25/h1,3-6,8-9,12-15,21-22,25-28H,2,7,10-11,16-17H2,(H,30,32)(H,31,35)(H,33,34)/t21-,22+,25+,26-,27-,28+/m0/s1. The molecule has 3 saturated heterocycles. The van der Waals surface area contributed by atoms with Crippen LogP contribution in [-0.4, -0.2) is 60.4 Å². The van der Waals surface area contributed by atoms with E-state index in [1.165, 1.54) is 0 Å². The summed E-state index contributed by atoms with van der Waals surface area (Å²) in [6, 6.07) is 17.2. The van der Waals surface area contributed by atoms with E-state index >= 15 is 0 Å². The largest absolute Gasteiger partial charge is 0.481 e. The molecule has 3 fully saturated rings. The molecule has 6 atom stereocenters. The second-order valence-electron chi connectivity index (χ2n) is 9.88. The van der Waals surface area contributed by atoms with E-state index in [9.17, 15) is 14.4 Å². The van der Waals surface area contributed by atoms with Crippen molar-refractivity contribution >= 4 is 17.8 Å². The first-order valence-corrected chi connectivity index (χ1v) is 12.9. The zero-order valence-corrected chi connectivity index (χ0v) is 20.5. The summed E-state index contributed by atoms with van der Waals surface area (Å²) in [4.78, 5) is 35.7. The number of carbonyl (C=O) groups is 3. The molecule has 0 radical (unpaired) electrons. The number of hydrogen-bond donors (Lipinski definition) is 3. The highest BCUT2D eigenvalue weighted by Crippen LogP contribution is 2.54. The van der Waals surface area contributed by atoms with Crippen LogP contribution in [0.15, 0.2) is 66.7 Å². The Morgan fingerprint density at radius 2 is 1.49 bits per heavy atom. The Balaban J connectivity index is 1.07. The van der Waals surface area contributed by atoms with E-state index in [1.54, 1.807) is 12.1 Å². The number of ether oxygens (including phenoxy) is 2. The summed E-state index contributed by atoms with van der Waals surface area (Å²) in [5.74, 6) is -0.934. The zero-order chi connectivity index (χ0) is 25.8. The van der Waals surface area contributed by atoms with Crippen LogP contribution in [0.5, 0.6) is 0 Å². The van der Waals surface area contributed by atoms with Crippen LogP contribution in [0.4, 0.5) is 0 Å². The second kappa shape index (κ2) is 11.3. The fourth-order valence-corrected chi connectivity index (χ4v) is 5.50. The van der Waals surface area contributed by atoms with Gasteiger partial charge in [0.1, 0.15) is 12.2 Å². The predicted octanol–water partition coefficient (Wildman–Crippen LogP) is 3.18. The van der Waals surface area contributed by atoms with E-state index in [0.717, 1.165) is 24.0 Å². The summed E-state index contributed by atoms with van der Waals surface area (Å²) in [5, 5.41) is 14.4. The summed E-state index contributed by atoms with van der Waals surface area (Å²) in [6.07, 6.45) is 6.75. The van der Waals surface area contributed by atoms with E-state index < -0.39 is 5.97 Å². The van der Waals surface area contributed by atoms with Gasteiger partial charge in [-0.25, -0.2) is 0 Å². The van der Waals surface area contributed by atoms with Gasteiger partial charge in [0.25, 0.3) is 5.91 Å². The minimum atomic E-state index is -0.778. The number of rotatable bonds is 12. The number of carbonyl (C=O) groups excluding carboxylic acids is 2. The second-order valence-corrected chi connectivity index (χ2v) is 9.88. The molecule has 0 saturated carbocycles. The maximum Gasteiger partial charge on any atom is 0.303 e. The quantitative estimate of drug-likeness (QED) is 0.232. The molecule has 0 aliphatic carbocycles. The number of benzene rings is 2. The SMILES string of the molecule is O=C(O)CCCC=CC[C@H]1[C@@H](CNC(=O)CNC(=O)c2ccc(-c3ccccc3)cc2)[C@@H]2O[C@H]1[C@@H]1O[C@@H]12. The van der Waals surface area contributed by atoms with Gasteiger partial charge in [-0.1, -0.05) is 54.6 Å². The van der Waals surface area contributed by atoms with Gasteiger partial charge in [0.2, 0.25) is 5.91 Å². The Kier molecular flexibility index (Phi) is 7.67. The maximum atomic E-state index is 12.5. The van der Waals surface area contributed by atoms with Gasteiger partial charge in [-0.15, -0.1) is 0 Å². The normalized spacial score (nSPS) is 27.1. The number of aliphatic carboxylic acids is 1. The lowest BCUT2D eigenvalue weighted by Crippen LogP contribution is -2.44. The number of carboxylic acids is 1. The lowest BCUT2D eigenvalue weighted by molar-refractivity contribution is -0.137. The molecule has 2 aromatic rings. The molecule has 2 aromatic carbocycles. The monoisotopic (exact) mass is 504 g/mol.